The molecule has 2 aromatic rings. The number of anilines is 1. The predicted octanol–water partition coefficient (Wildman–Crippen LogP) is 2.42. The molecule has 0 aliphatic heterocycles. The van der Waals surface area contributed by atoms with Gasteiger partial charge in [0.2, 0.25) is 0 Å². The van der Waals surface area contributed by atoms with Gasteiger partial charge in [0.1, 0.15) is 23.2 Å². The van der Waals surface area contributed by atoms with E-state index in [1.807, 2.05) is 20.8 Å². The molecule has 0 aliphatic rings. The van der Waals surface area contributed by atoms with E-state index in [0.29, 0.717) is 5.82 Å². The zero-order valence-electron chi connectivity index (χ0n) is 11.0. The van der Waals surface area contributed by atoms with E-state index >= 15 is 0 Å². The molecule has 1 aromatic carbocycles. The molecule has 4 nitrogen and oxygen atoms in total. The minimum absolute atomic E-state index is 0.133. The Morgan fingerprint density at radius 2 is 1.84 bits per heavy atom. The maximum absolute atomic E-state index is 13.8. The summed E-state index contributed by atoms with van der Waals surface area (Å²) in [6, 6.07) is 3.25. The van der Waals surface area contributed by atoms with Crippen LogP contribution in [0.25, 0.3) is 11.3 Å². The lowest BCUT2D eigenvalue weighted by atomic mass is 9.96. The van der Waals surface area contributed by atoms with Crippen molar-refractivity contribution >= 4 is 5.82 Å². The summed E-state index contributed by atoms with van der Waals surface area (Å²) in [6.45, 7) is 5.76. The Bertz CT molecular complexity index is 626. The first kappa shape index (κ1) is 13.3. The van der Waals surface area contributed by atoms with Crippen molar-refractivity contribution in [3.8, 4) is 11.3 Å². The van der Waals surface area contributed by atoms with Crippen LogP contribution in [0.3, 0.4) is 0 Å². The Balaban J connectivity index is 2.64. The molecule has 19 heavy (non-hydrogen) atoms. The Kier molecular flexibility index (Phi) is 2.96. The van der Waals surface area contributed by atoms with Gasteiger partial charge in [-0.15, -0.1) is 0 Å². The lowest BCUT2D eigenvalue weighted by Gasteiger charge is -2.17. The van der Waals surface area contributed by atoms with Gasteiger partial charge in [0.15, 0.2) is 5.82 Å². The number of nitrogens with zero attached hydrogens (tertiary/aromatic N) is 2. The predicted molar refractivity (Wildman–Crippen MR) is 70.8 cm³/mol. The van der Waals surface area contributed by atoms with Crippen molar-refractivity contribution in [1.82, 2.24) is 9.66 Å². The normalized spacial score (nSPS) is 11.8. The summed E-state index contributed by atoms with van der Waals surface area (Å²) in [5.74, 6) is 5.15. The molecule has 1 heterocycles. The summed E-state index contributed by atoms with van der Waals surface area (Å²) < 4.78 is 27.9. The number of aromatic nitrogens is 2. The van der Waals surface area contributed by atoms with Gasteiger partial charge in [-0.3, -0.25) is 0 Å². The monoisotopic (exact) mass is 266 g/mol. The molecule has 0 fully saturated rings. The molecule has 6 heteroatoms. The average molecular weight is 266 g/mol. The van der Waals surface area contributed by atoms with Gasteiger partial charge in [0.05, 0.1) is 0 Å². The van der Waals surface area contributed by atoms with E-state index in [1.165, 1.54) is 10.7 Å². The summed E-state index contributed by atoms with van der Waals surface area (Å²) in [6.07, 6.45) is 0. The second-order valence-corrected chi connectivity index (χ2v) is 5.41. The van der Waals surface area contributed by atoms with Gasteiger partial charge in [-0.2, -0.15) is 0 Å². The summed E-state index contributed by atoms with van der Waals surface area (Å²) in [5.41, 5.74) is 5.88. The summed E-state index contributed by atoms with van der Waals surface area (Å²) in [4.78, 5) is 4.29. The molecular formula is C13H16F2N4. The fraction of sp³-hybridized carbons (Fsp3) is 0.308. The van der Waals surface area contributed by atoms with Crippen molar-refractivity contribution < 1.29 is 8.78 Å². The van der Waals surface area contributed by atoms with Crippen molar-refractivity contribution in [3.63, 3.8) is 0 Å². The zero-order valence-corrected chi connectivity index (χ0v) is 11.0. The molecule has 4 N–H and O–H groups in total. The summed E-state index contributed by atoms with van der Waals surface area (Å²) >= 11 is 0. The SMILES string of the molecule is CC(C)(C)c1nc(-c2ccc(F)cc2F)c(N)n1N. The molecule has 102 valence electrons. The molecule has 0 bridgehead atoms. The molecule has 2 rings (SSSR count). The summed E-state index contributed by atoms with van der Waals surface area (Å²) in [5, 5.41) is 0. The first-order chi connectivity index (χ1) is 8.71. The molecule has 1 aromatic heterocycles. The van der Waals surface area contributed by atoms with Gasteiger partial charge in [0, 0.05) is 17.0 Å². The van der Waals surface area contributed by atoms with Crippen LogP contribution in [-0.4, -0.2) is 9.66 Å². The standard InChI is InChI=1S/C13H16F2N4/c1-13(2,3)12-18-10(11(16)19(12)17)8-5-4-7(14)6-9(8)15/h4-6H,16-17H2,1-3H3. The third kappa shape index (κ3) is 2.25. The van der Waals surface area contributed by atoms with E-state index in [-0.39, 0.29) is 22.5 Å². The minimum Gasteiger partial charge on any atom is -0.382 e. The highest BCUT2D eigenvalue weighted by Gasteiger charge is 2.25. The first-order valence-corrected chi connectivity index (χ1v) is 5.81. The maximum atomic E-state index is 13.8. The van der Waals surface area contributed by atoms with Crippen LogP contribution < -0.4 is 11.6 Å². The number of halogens is 2. The number of nitrogens with two attached hydrogens (primary N) is 2. The second-order valence-electron chi connectivity index (χ2n) is 5.41. The van der Waals surface area contributed by atoms with E-state index in [9.17, 15) is 8.78 Å². The number of hydrogen-bond acceptors (Lipinski definition) is 3. The topological polar surface area (TPSA) is 69.9 Å². The Labute approximate surface area is 110 Å². The Hall–Kier alpha value is -2.11. The van der Waals surface area contributed by atoms with E-state index in [1.54, 1.807) is 0 Å². The van der Waals surface area contributed by atoms with Crippen LogP contribution in [0.15, 0.2) is 18.2 Å². The van der Waals surface area contributed by atoms with Gasteiger partial charge in [-0.25, -0.2) is 18.4 Å². The van der Waals surface area contributed by atoms with E-state index < -0.39 is 11.6 Å². The molecule has 0 amide bonds. The molecule has 0 saturated carbocycles. The lowest BCUT2D eigenvalue weighted by Crippen LogP contribution is -2.24. The van der Waals surface area contributed by atoms with Crippen LogP contribution in [0.5, 0.6) is 0 Å². The van der Waals surface area contributed by atoms with Crippen molar-refractivity contribution in [1.29, 1.82) is 0 Å². The van der Waals surface area contributed by atoms with E-state index in [4.69, 9.17) is 11.6 Å². The molecule has 0 radical (unpaired) electrons. The number of imidazole rings is 1. The molecular weight excluding hydrogens is 250 g/mol. The lowest BCUT2D eigenvalue weighted by molar-refractivity contribution is 0.531. The van der Waals surface area contributed by atoms with Gasteiger partial charge < -0.3 is 11.6 Å². The molecule has 0 unspecified atom stereocenters. The van der Waals surface area contributed by atoms with Gasteiger partial charge in [0.25, 0.3) is 0 Å². The highest BCUT2D eigenvalue weighted by Crippen LogP contribution is 2.31. The zero-order chi connectivity index (χ0) is 14.4. The Morgan fingerprint density at radius 1 is 1.21 bits per heavy atom. The number of rotatable bonds is 1. The van der Waals surface area contributed by atoms with Crippen LogP contribution >= 0.6 is 0 Å². The van der Waals surface area contributed by atoms with Crippen LogP contribution in [0.1, 0.15) is 26.6 Å². The third-order valence-electron chi connectivity index (χ3n) is 2.81. The third-order valence-corrected chi connectivity index (χ3v) is 2.81. The van der Waals surface area contributed by atoms with Crippen molar-refractivity contribution in [3.05, 3.63) is 35.7 Å². The molecule has 0 spiro atoms. The first-order valence-electron chi connectivity index (χ1n) is 5.81. The van der Waals surface area contributed by atoms with Crippen molar-refractivity contribution in [2.45, 2.75) is 26.2 Å². The van der Waals surface area contributed by atoms with E-state index in [2.05, 4.69) is 4.98 Å². The molecule has 0 atom stereocenters. The largest absolute Gasteiger partial charge is 0.382 e. The molecule has 0 saturated heterocycles. The van der Waals surface area contributed by atoms with Crippen LogP contribution in [-0.2, 0) is 5.41 Å². The van der Waals surface area contributed by atoms with Crippen LogP contribution in [0, 0.1) is 11.6 Å². The van der Waals surface area contributed by atoms with Crippen LogP contribution in [0.2, 0.25) is 0 Å². The smallest absolute Gasteiger partial charge is 0.150 e. The minimum atomic E-state index is -0.717. The fourth-order valence-corrected chi connectivity index (χ4v) is 1.85. The van der Waals surface area contributed by atoms with Crippen LogP contribution in [0.4, 0.5) is 14.6 Å². The van der Waals surface area contributed by atoms with Crippen molar-refractivity contribution in [2.75, 3.05) is 11.6 Å². The van der Waals surface area contributed by atoms with Gasteiger partial charge >= 0.3 is 0 Å². The number of nitrogen functional groups attached to an aromatic ring is 2. The number of benzene rings is 1. The average Bonchev–Trinajstić information content (AvgIpc) is 2.56. The maximum Gasteiger partial charge on any atom is 0.150 e. The molecule has 0 aliphatic carbocycles. The van der Waals surface area contributed by atoms with E-state index in [0.717, 1.165) is 12.1 Å². The van der Waals surface area contributed by atoms with Gasteiger partial charge in [-0.1, -0.05) is 20.8 Å². The van der Waals surface area contributed by atoms with Crippen molar-refractivity contribution in [2.24, 2.45) is 0 Å². The fourth-order valence-electron chi connectivity index (χ4n) is 1.85. The number of hydrogen-bond donors (Lipinski definition) is 2. The van der Waals surface area contributed by atoms with Gasteiger partial charge in [-0.05, 0) is 12.1 Å². The quantitative estimate of drug-likeness (QED) is 0.779. The highest BCUT2D eigenvalue weighted by molar-refractivity contribution is 5.71. The highest BCUT2D eigenvalue weighted by atomic mass is 19.1. The second kappa shape index (κ2) is 4.22. The summed E-state index contributed by atoms with van der Waals surface area (Å²) in [7, 11) is 0. The Morgan fingerprint density at radius 3 is 2.32 bits per heavy atom.